The zero-order valence-corrected chi connectivity index (χ0v) is 14.8. The first kappa shape index (κ1) is 17.8. The minimum Gasteiger partial charge on any atom is -0.332 e. The summed E-state index contributed by atoms with van der Waals surface area (Å²) in [5.41, 5.74) is 2.58. The third-order valence-corrected chi connectivity index (χ3v) is 4.37. The summed E-state index contributed by atoms with van der Waals surface area (Å²) in [6.45, 7) is 1.49. The van der Waals surface area contributed by atoms with Gasteiger partial charge in [-0.1, -0.05) is 0 Å². The monoisotopic (exact) mass is 369 g/mol. The topological polar surface area (TPSA) is 71.1 Å². The molecule has 0 atom stereocenters. The van der Waals surface area contributed by atoms with Crippen molar-refractivity contribution >= 4 is 39.5 Å². The minimum absolute atomic E-state index is 0.0217. The van der Waals surface area contributed by atoms with Crippen LogP contribution in [0.25, 0.3) is 0 Å². The minimum atomic E-state index is -0.302. The van der Waals surface area contributed by atoms with Crippen LogP contribution in [-0.2, 0) is 11.2 Å². The molecular weight excluding hydrogens is 353 g/mol. The van der Waals surface area contributed by atoms with Gasteiger partial charge < -0.3 is 10.6 Å². The highest BCUT2D eigenvalue weighted by atomic mass is 32.1. The lowest BCUT2D eigenvalue weighted by Crippen LogP contribution is -2.14. The Labute approximate surface area is 153 Å². The molecule has 7 heteroatoms. The highest BCUT2D eigenvalue weighted by molar-refractivity contribution is 7.13. The number of aromatic nitrogens is 1. The Hall–Kier alpha value is -3.06. The number of nitrogens with one attached hydrogen (secondary N) is 2. The molecule has 0 aliphatic carbocycles. The van der Waals surface area contributed by atoms with Crippen LogP contribution in [0.1, 0.15) is 23.0 Å². The maximum absolute atomic E-state index is 12.9. The molecule has 1 heterocycles. The van der Waals surface area contributed by atoms with Gasteiger partial charge in [-0.2, -0.15) is 0 Å². The van der Waals surface area contributed by atoms with Gasteiger partial charge in [-0.05, 0) is 55.5 Å². The summed E-state index contributed by atoms with van der Waals surface area (Å²) in [5.74, 6) is -0.519. The van der Waals surface area contributed by atoms with Gasteiger partial charge in [-0.15, -0.1) is 11.3 Å². The van der Waals surface area contributed by atoms with Gasteiger partial charge in [-0.25, -0.2) is 9.37 Å². The van der Waals surface area contributed by atoms with Crippen molar-refractivity contribution in [3.8, 4) is 0 Å². The number of nitrogens with zero attached hydrogens (tertiary/aromatic N) is 1. The quantitative estimate of drug-likeness (QED) is 0.632. The normalized spacial score (nSPS) is 10.4. The number of carbonyl (C=O) groups is 2. The molecule has 0 fully saturated rings. The van der Waals surface area contributed by atoms with E-state index in [4.69, 9.17) is 0 Å². The fourth-order valence-corrected chi connectivity index (χ4v) is 2.99. The summed E-state index contributed by atoms with van der Waals surface area (Å²) in [6, 6.07) is 12.7. The third-order valence-electron chi connectivity index (χ3n) is 3.56. The number of halogens is 1. The van der Waals surface area contributed by atoms with Gasteiger partial charge in [0.25, 0.3) is 0 Å². The number of Topliss-reactive ketones (excluding diaryl/α,β-unsaturated/α-hetero) is 1. The van der Waals surface area contributed by atoms with Crippen LogP contribution < -0.4 is 10.6 Å². The maximum Gasteiger partial charge on any atom is 0.230 e. The van der Waals surface area contributed by atoms with E-state index >= 15 is 0 Å². The molecule has 0 radical (unpaired) electrons. The van der Waals surface area contributed by atoms with Crippen LogP contribution in [0.15, 0.2) is 53.9 Å². The van der Waals surface area contributed by atoms with Gasteiger partial charge >= 0.3 is 0 Å². The fourth-order valence-electron chi connectivity index (χ4n) is 2.26. The van der Waals surface area contributed by atoms with Crippen LogP contribution in [0, 0.1) is 5.82 Å². The molecule has 0 aliphatic heterocycles. The van der Waals surface area contributed by atoms with Gasteiger partial charge in [0, 0.05) is 22.3 Å². The van der Waals surface area contributed by atoms with Gasteiger partial charge in [0.15, 0.2) is 10.9 Å². The number of rotatable bonds is 6. The van der Waals surface area contributed by atoms with Crippen LogP contribution in [0.4, 0.5) is 20.9 Å². The maximum atomic E-state index is 12.9. The summed E-state index contributed by atoms with van der Waals surface area (Å²) in [4.78, 5) is 27.7. The summed E-state index contributed by atoms with van der Waals surface area (Å²) in [6.07, 6.45) is 0.135. The molecule has 2 aromatic carbocycles. The molecule has 26 heavy (non-hydrogen) atoms. The van der Waals surface area contributed by atoms with E-state index in [-0.39, 0.29) is 23.9 Å². The summed E-state index contributed by atoms with van der Waals surface area (Å²) in [5, 5.41) is 8.27. The van der Waals surface area contributed by atoms with Crippen LogP contribution in [0.2, 0.25) is 0 Å². The van der Waals surface area contributed by atoms with E-state index in [1.54, 1.807) is 41.8 Å². The first-order chi connectivity index (χ1) is 12.5. The standard InChI is InChI=1S/C19H16FN3O2S/c1-12(24)13-2-6-15(7-3-13)21-18(25)10-17-11-26-19(23-17)22-16-8-4-14(20)5-9-16/h2-9,11H,10H2,1H3,(H,21,25)(H,22,23). The smallest absolute Gasteiger partial charge is 0.230 e. The number of anilines is 3. The Bertz CT molecular complexity index is 921. The molecule has 2 N–H and O–H groups in total. The molecular formula is C19H16FN3O2S. The lowest BCUT2D eigenvalue weighted by Gasteiger charge is -2.05. The Kier molecular flexibility index (Phi) is 5.38. The summed E-state index contributed by atoms with van der Waals surface area (Å²) >= 11 is 1.37. The molecule has 5 nitrogen and oxygen atoms in total. The molecule has 3 aromatic rings. The lowest BCUT2D eigenvalue weighted by atomic mass is 10.1. The van der Waals surface area contributed by atoms with Crippen molar-refractivity contribution in [1.82, 2.24) is 4.98 Å². The zero-order valence-electron chi connectivity index (χ0n) is 14.0. The van der Waals surface area contributed by atoms with Crippen molar-refractivity contribution in [3.63, 3.8) is 0 Å². The molecule has 0 unspecified atom stereocenters. The first-order valence-corrected chi connectivity index (χ1v) is 8.75. The Morgan fingerprint density at radius 3 is 2.35 bits per heavy atom. The largest absolute Gasteiger partial charge is 0.332 e. The summed E-state index contributed by atoms with van der Waals surface area (Å²) in [7, 11) is 0. The van der Waals surface area contributed by atoms with Crippen molar-refractivity contribution in [3.05, 3.63) is 71.0 Å². The second-order valence-corrected chi connectivity index (χ2v) is 6.49. The van der Waals surface area contributed by atoms with E-state index < -0.39 is 0 Å². The van der Waals surface area contributed by atoms with Gasteiger partial charge in [-0.3, -0.25) is 9.59 Å². The molecule has 0 spiro atoms. The van der Waals surface area contributed by atoms with Crippen LogP contribution in [-0.4, -0.2) is 16.7 Å². The molecule has 132 valence electrons. The molecule has 0 saturated heterocycles. The molecule has 1 aromatic heterocycles. The number of hydrogen-bond donors (Lipinski definition) is 2. The fraction of sp³-hybridized carbons (Fsp3) is 0.105. The van der Waals surface area contributed by atoms with Gasteiger partial charge in [0.2, 0.25) is 5.91 Å². The molecule has 3 rings (SSSR count). The number of thiazole rings is 1. The van der Waals surface area contributed by atoms with Gasteiger partial charge in [0.1, 0.15) is 5.82 Å². The van der Waals surface area contributed by atoms with E-state index in [0.717, 1.165) is 5.69 Å². The van der Waals surface area contributed by atoms with Crippen LogP contribution in [0.3, 0.4) is 0 Å². The average Bonchev–Trinajstić information content (AvgIpc) is 3.04. The Morgan fingerprint density at radius 2 is 1.69 bits per heavy atom. The lowest BCUT2D eigenvalue weighted by molar-refractivity contribution is -0.115. The van der Waals surface area contributed by atoms with E-state index in [2.05, 4.69) is 15.6 Å². The predicted molar refractivity (Wildman–Crippen MR) is 101 cm³/mol. The van der Waals surface area contributed by atoms with Crippen molar-refractivity contribution in [2.45, 2.75) is 13.3 Å². The van der Waals surface area contributed by atoms with Crippen LogP contribution in [0.5, 0.6) is 0 Å². The van der Waals surface area contributed by atoms with E-state index in [9.17, 15) is 14.0 Å². The second kappa shape index (κ2) is 7.88. The molecule has 0 aliphatic rings. The van der Waals surface area contributed by atoms with Gasteiger partial charge in [0.05, 0.1) is 12.1 Å². The third kappa shape index (κ3) is 4.73. The van der Waals surface area contributed by atoms with Crippen molar-refractivity contribution in [2.24, 2.45) is 0 Å². The molecule has 0 bridgehead atoms. The Balaban J connectivity index is 1.57. The van der Waals surface area contributed by atoms with E-state index in [1.165, 1.54) is 30.4 Å². The van der Waals surface area contributed by atoms with Crippen LogP contribution >= 0.6 is 11.3 Å². The van der Waals surface area contributed by atoms with Crippen molar-refractivity contribution in [2.75, 3.05) is 10.6 Å². The van der Waals surface area contributed by atoms with Crippen molar-refractivity contribution < 1.29 is 14.0 Å². The van der Waals surface area contributed by atoms with Crippen molar-refractivity contribution in [1.29, 1.82) is 0 Å². The predicted octanol–water partition coefficient (Wildman–Crippen LogP) is 4.41. The summed E-state index contributed by atoms with van der Waals surface area (Å²) < 4.78 is 12.9. The number of ketones is 1. The highest BCUT2D eigenvalue weighted by Gasteiger charge is 2.09. The average molecular weight is 369 g/mol. The highest BCUT2D eigenvalue weighted by Crippen LogP contribution is 2.21. The zero-order chi connectivity index (χ0) is 18.5. The SMILES string of the molecule is CC(=O)c1ccc(NC(=O)Cc2csc(Nc3ccc(F)cc3)n2)cc1. The number of hydrogen-bond acceptors (Lipinski definition) is 5. The second-order valence-electron chi connectivity index (χ2n) is 5.63. The Morgan fingerprint density at radius 1 is 1.04 bits per heavy atom. The van der Waals surface area contributed by atoms with E-state index in [1.807, 2.05) is 0 Å². The van der Waals surface area contributed by atoms with E-state index in [0.29, 0.717) is 22.1 Å². The number of benzene rings is 2. The first-order valence-electron chi connectivity index (χ1n) is 7.87. The molecule has 0 saturated carbocycles. The number of carbonyl (C=O) groups excluding carboxylic acids is 2. The number of amides is 1. The molecule has 1 amide bonds.